The fourth-order valence-corrected chi connectivity index (χ4v) is 1.08. The molecule has 0 aliphatic heterocycles. The smallest absolute Gasteiger partial charge is 0.241 e. The molecule has 0 radical (unpaired) electrons. The molecule has 0 atom stereocenters. The lowest BCUT2D eigenvalue weighted by atomic mass is 10.5. The molecule has 0 bridgehead atoms. The highest BCUT2D eigenvalue weighted by Gasteiger charge is 2.05. The second-order valence-corrected chi connectivity index (χ2v) is 3.69. The first-order valence-electron chi connectivity index (χ1n) is 4.86. The number of carbonyl (C=O) groups is 1. The van der Waals surface area contributed by atoms with Crippen molar-refractivity contribution in [3.8, 4) is 0 Å². The lowest BCUT2D eigenvalue weighted by Gasteiger charge is -2.10. The van der Waals surface area contributed by atoms with E-state index >= 15 is 0 Å². The molecule has 0 unspecified atom stereocenters. The van der Waals surface area contributed by atoms with Crippen molar-refractivity contribution < 1.29 is 4.79 Å². The van der Waals surface area contributed by atoms with E-state index in [2.05, 4.69) is 15.6 Å². The van der Waals surface area contributed by atoms with E-state index in [1.165, 1.54) is 0 Å². The Bertz CT molecular complexity index is 320. The first-order chi connectivity index (χ1) is 7.09. The van der Waals surface area contributed by atoms with Gasteiger partial charge >= 0.3 is 0 Å². The maximum absolute atomic E-state index is 11.4. The van der Waals surface area contributed by atoms with Gasteiger partial charge in [0.15, 0.2) is 0 Å². The summed E-state index contributed by atoms with van der Waals surface area (Å²) in [5.41, 5.74) is 0.887. The third kappa shape index (κ3) is 4.07. The standard InChI is InChI=1S/C9H17N5O/c1-8-6-11-12-14(8)7-9(15)10-4-5-13(2)3/h6H,4-5,7H2,1-3H3,(H,10,15). The highest BCUT2D eigenvalue weighted by atomic mass is 16.2. The lowest BCUT2D eigenvalue weighted by Crippen LogP contribution is -2.34. The summed E-state index contributed by atoms with van der Waals surface area (Å²) in [6.45, 7) is 3.59. The summed E-state index contributed by atoms with van der Waals surface area (Å²) >= 11 is 0. The maximum Gasteiger partial charge on any atom is 0.241 e. The third-order valence-corrected chi connectivity index (χ3v) is 1.99. The Morgan fingerprint density at radius 1 is 1.60 bits per heavy atom. The molecule has 0 aliphatic rings. The maximum atomic E-state index is 11.4. The number of rotatable bonds is 5. The number of nitrogens with one attached hydrogen (secondary N) is 1. The summed E-state index contributed by atoms with van der Waals surface area (Å²) in [6.07, 6.45) is 1.63. The molecule has 1 N–H and O–H groups in total. The van der Waals surface area contributed by atoms with E-state index in [1.807, 2.05) is 25.9 Å². The topological polar surface area (TPSA) is 63.1 Å². The normalized spacial score (nSPS) is 10.7. The zero-order chi connectivity index (χ0) is 11.3. The minimum atomic E-state index is -0.0366. The number of likely N-dealkylation sites (N-methyl/N-ethyl adjacent to an activating group) is 1. The van der Waals surface area contributed by atoms with Gasteiger partial charge in [-0.2, -0.15) is 0 Å². The van der Waals surface area contributed by atoms with Crippen molar-refractivity contribution in [2.45, 2.75) is 13.5 Å². The Morgan fingerprint density at radius 3 is 2.87 bits per heavy atom. The first-order valence-corrected chi connectivity index (χ1v) is 4.86. The summed E-state index contributed by atoms with van der Waals surface area (Å²) in [4.78, 5) is 13.4. The molecule has 0 fully saturated rings. The highest BCUT2D eigenvalue weighted by molar-refractivity contribution is 5.75. The van der Waals surface area contributed by atoms with Crippen LogP contribution in [0.5, 0.6) is 0 Å². The highest BCUT2D eigenvalue weighted by Crippen LogP contribution is 1.91. The first kappa shape index (κ1) is 11.6. The monoisotopic (exact) mass is 211 g/mol. The van der Waals surface area contributed by atoms with Gasteiger partial charge in [-0.25, -0.2) is 4.68 Å². The fraction of sp³-hybridized carbons (Fsp3) is 0.667. The molecular formula is C9H17N5O. The quantitative estimate of drug-likeness (QED) is 0.697. The van der Waals surface area contributed by atoms with Gasteiger partial charge in [-0.15, -0.1) is 5.10 Å². The van der Waals surface area contributed by atoms with Crippen molar-refractivity contribution in [3.63, 3.8) is 0 Å². The molecule has 1 rings (SSSR count). The van der Waals surface area contributed by atoms with Gasteiger partial charge in [-0.05, 0) is 21.0 Å². The zero-order valence-electron chi connectivity index (χ0n) is 9.40. The van der Waals surface area contributed by atoms with Crippen LogP contribution in [-0.2, 0) is 11.3 Å². The van der Waals surface area contributed by atoms with E-state index in [-0.39, 0.29) is 12.5 Å². The molecule has 0 saturated heterocycles. The molecule has 0 saturated carbocycles. The second-order valence-electron chi connectivity index (χ2n) is 3.69. The number of hydrogen-bond donors (Lipinski definition) is 1. The molecule has 84 valence electrons. The van der Waals surface area contributed by atoms with Crippen molar-refractivity contribution in [3.05, 3.63) is 11.9 Å². The summed E-state index contributed by atoms with van der Waals surface area (Å²) in [5, 5.41) is 10.3. The van der Waals surface area contributed by atoms with Gasteiger partial charge in [0, 0.05) is 13.1 Å². The van der Waals surface area contributed by atoms with Crippen LogP contribution >= 0.6 is 0 Å². The molecule has 0 aliphatic carbocycles. The van der Waals surface area contributed by atoms with Crippen molar-refractivity contribution >= 4 is 5.91 Å². The summed E-state index contributed by atoms with van der Waals surface area (Å²) in [7, 11) is 3.93. The van der Waals surface area contributed by atoms with Crippen molar-refractivity contribution in [2.24, 2.45) is 0 Å². The fourth-order valence-electron chi connectivity index (χ4n) is 1.08. The number of amides is 1. The van der Waals surface area contributed by atoms with Crippen molar-refractivity contribution in [2.75, 3.05) is 27.2 Å². The number of carbonyl (C=O) groups excluding carboxylic acids is 1. The summed E-state index contributed by atoms with van der Waals surface area (Å²) in [6, 6.07) is 0. The Kier molecular flexibility index (Phi) is 4.23. The average Bonchev–Trinajstić information content (AvgIpc) is 2.51. The van der Waals surface area contributed by atoms with Crippen LogP contribution in [0, 0.1) is 6.92 Å². The van der Waals surface area contributed by atoms with Crippen LogP contribution in [0.4, 0.5) is 0 Å². The van der Waals surface area contributed by atoms with Crippen LogP contribution in [0.2, 0.25) is 0 Å². The van der Waals surface area contributed by atoms with E-state index < -0.39 is 0 Å². The number of aromatic nitrogens is 3. The van der Waals surface area contributed by atoms with E-state index in [0.717, 1.165) is 12.2 Å². The Hall–Kier alpha value is -1.43. The molecule has 1 aromatic heterocycles. The van der Waals surface area contributed by atoms with E-state index in [4.69, 9.17) is 0 Å². The van der Waals surface area contributed by atoms with Crippen LogP contribution in [0.25, 0.3) is 0 Å². The van der Waals surface area contributed by atoms with Crippen molar-refractivity contribution in [1.29, 1.82) is 0 Å². The minimum absolute atomic E-state index is 0.0366. The van der Waals surface area contributed by atoms with Gasteiger partial charge in [0.2, 0.25) is 5.91 Å². The van der Waals surface area contributed by atoms with Crippen LogP contribution in [0.15, 0.2) is 6.20 Å². The summed E-state index contributed by atoms with van der Waals surface area (Å²) in [5.74, 6) is -0.0366. The molecule has 0 spiro atoms. The molecule has 15 heavy (non-hydrogen) atoms. The van der Waals surface area contributed by atoms with Gasteiger partial charge in [-0.1, -0.05) is 5.21 Å². The molecule has 1 aromatic rings. The second kappa shape index (κ2) is 5.45. The van der Waals surface area contributed by atoms with Gasteiger partial charge in [0.25, 0.3) is 0 Å². The lowest BCUT2D eigenvalue weighted by molar-refractivity contribution is -0.121. The predicted octanol–water partition coefficient (Wildman–Crippen LogP) is -0.736. The van der Waals surface area contributed by atoms with Crippen LogP contribution in [0.1, 0.15) is 5.69 Å². The Labute approximate surface area is 89.3 Å². The van der Waals surface area contributed by atoms with Gasteiger partial charge in [0.1, 0.15) is 6.54 Å². The SMILES string of the molecule is Cc1cnnn1CC(=O)NCCN(C)C. The molecule has 0 aromatic carbocycles. The van der Waals surface area contributed by atoms with Crippen LogP contribution < -0.4 is 5.32 Å². The summed E-state index contributed by atoms with van der Waals surface area (Å²) < 4.78 is 1.57. The van der Waals surface area contributed by atoms with Gasteiger partial charge < -0.3 is 10.2 Å². The van der Waals surface area contributed by atoms with Crippen LogP contribution in [-0.4, -0.2) is 53.0 Å². The molecule has 1 amide bonds. The largest absolute Gasteiger partial charge is 0.353 e. The van der Waals surface area contributed by atoms with E-state index in [0.29, 0.717) is 6.54 Å². The molecule has 6 heteroatoms. The van der Waals surface area contributed by atoms with Gasteiger partial charge in [-0.3, -0.25) is 4.79 Å². The Balaban J connectivity index is 2.28. The van der Waals surface area contributed by atoms with Crippen molar-refractivity contribution in [1.82, 2.24) is 25.2 Å². The predicted molar refractivity (Wildman–Crippen MR) is 56.3 cm³/mol. The average molecular weight is 211 g/mol. The zero-order valence-corrected chi connectivity index (χ0v) is 9.40. The molecule has 6 nitrogen and oxygen atoms in total. The molecular weight excluding hydrogens is 194 g/mol. The number of nitrogens with zero attached hydrogens (tertiary/aromatic N) is 4. The van der Waals surface area contributed by atoms with E-state index in [9.17, 15) is 4.79 Å². The van der Waals surface area contributed by atoms with Crippen LogP contribution in [0.3, 0.4) is 0 Å². The molecule has 1 heterocycles. The van der Waals surface area contributed by atoms with E-state index in [1.54, 1.807) is 10.9 Å². The van der Waals surface area contributed by atoms with Gasteiger partial charge in [0.05, 0.1) is 11.9 Å². The third-order valence-electron chi connectivity index (χ3n) is 1.99. The number of hydrogen-bond acceptors (Lipinski definition) is 4. The minimum Gasteiger partial charge on any atom is -0.353 e. The number of aryl methyl sites for hydroxylation is 1. The Morgan fingerprint density at radius 2 is 2.33 bits per heavy atom.